The molecule has 29 heavy (non-hydrogen) atoms. The van der Waals surface area contributed by atoms with Crippen LogP contribution in [0, 0.1) is 12.8 Å². The van der Waals surface area contributed by atoms with Crippen LogP contribution in [0.1, 0.15) is 35.3 Å². The Morgan fingerprint density at radius 2 is 2.14 bits per heavy atom. The minimum atomic E-state index is 0.0784. The normalized spacial score (nSPS) is 20.8. The quantitative estimate of drug-likeness (QED) is 0.704. The lowest BCUT2D eigenvalue weighted by Crippen LogP contribution is -2.50. The first-order chi connectivity index (χ1) is 13.9. The molecule has 2 atom stereocenters. The second-order valence-electron chi connectivity index (χ2n) is 8.14. The van der Waals surface area contributed by atoms with Gasteiger partial charge >= 0.3 is 0 Å². The van der Waals surface area contributed by atoms with Crippen LogP contribution < -0.4 is 5.56 Å². The van der Waals surface area contributed by atoms with Crippen molar-refractivity contribution in [3.05, 3.63) is 45.5 Å². The van der Waals surface area contributed by atoms with Crippen molar-refractivity contribution in [1.29, 1.82) is 0 Å². The van der Waals surface area contributed by atoms with Crippen LogP contribution in [-0.2, 0) is 24.4 Å². The summed E-state index contributed by atoms with van der Waals surface area (Å²) in [4.78, 5) is 33.7. The van der Waals surface area contributed by atoms with E-state index in [1.807, 2.05) is 33.7 Å². The summed E-state index contributed by atoms with van der Waals surface area (Å²) >= 11 is 1.56. The van der Waals surface area contributed by atoms with Gasteiger partial charge in [0.05, 0.1) is 12.3 Å². The fourth-order valence-electron chi connectivity index (χ4n) is 4.51. The van der Waals surface area contributed by atoms with Gasteiger partial charge in [-0.05, 0) is 38.6 Å². The molecular formula is C20H27N5O3S. The molecule has 4 rings (SSSR count). The van der Waals surface area contributed by atoms with E-state index in [1.54, 1.807) is 18.7 Å². The van der Waals surface area contributed by atoms with Gasteiger partial charge in [-0.25, -0.2) is 0 Å². The highest BCUT2D eigenvalue weighted by Gasteiger charge is 2.36. The molecule has 2 bridgehead atoms. The minimum absolute atomic E-state index is 0.0784. The summed E-state index contributed by atoms with van der Waals surface area (Å²) in [7, 11) is 1.94. The molecule has 1 saturated heterocycles. The van der Waals surface area contributed by atoms with Crippen LogP contribution in [0.2, 0.25) is 0 Å². The molecule has 0 N–H and O–H groups in total. The maximum atomic E-state index is 13.2. The monoisotopic (exact) mass is 417 g/mol. The molecule has 0 aliphatic carbocycles. The Balaban J connectivity index is 1.50. The van der Waals surface area contributed by atoms with E-state index in [0.717, 1.165) is 24.2 Å². The Kier molecular flexibility index (Phi) is 5.78. The molecule has 2 aliphatic heterocycles. The predicted molar refractivity (Wildman–Crippen MR) is 111 cm³/mol. The van der Waals surface area contributed by atoms with E-state index in [9.17, 15) is 9.59 Å². The Hall–Kier alpha value is -2.13. The van der Waals surface area contributed by atoms with Gasteiger partial charge in [0.25, 0.3) is 5.56 Å². The molecule has 1 fully saturated rings. The van der Waals surface area contributed by atoms with Crippen molar-refractivity contribution in [3.8, 4) is 0 Å². The first-order valence-electron chi connectivity index (χ1n) is 9.91. The lowest BCUT2D eigenvalue weighted by atomic mass is 9.83. The maximum absolute atomic E-state index is 13.2. The van der Waals surface area contributed by atoms with Gasteiger partial charge in [0.1, 0.15) is 0 Å². The Labute approximate surface area is 174 Å². The van der Waals surface area contributed by atoms with Crippen LogP contribution in [0.3, 0.4) is 0 Å². The van der Waals surface area contributed by atoms with Crippen LogP contribution in [-0.4, -0.2) is 62.6 Å². The zero-order valence-corrected chi connectivity index (χ0v) is 17.9. The SMILES string of the molecule is CSCC(=O)N1C[C@@H]2C[C@H](C1)c1ccc(CN(C)Cc3nc(C)no3)c(=O)n1C2. The lowest BCUT2D eigenvalue weighted by Gasteiger charge is -2.43. The van der Waals surface area contributed by atoms with Gasteiger partial charge in [-0.2, -0.15) is 16.7 Å². The molecule has 2 aromatic heterocycles. The topological polar surface area (TPSA) is 84.5 Å². The smallest absolute Gasteiger partial charge is 0.255 e. The average molecular weight is 418 g/mol. The number of amides is 1. The number of rotatable bonds is 6. The summed E-state index contributed by atoms with van der Waals surface area (Å²) in [5, 5.41) is 3.81. The molecule has 0 spiro atoms. The van der Waals surface area contributed by atoms with Crippen LogP contribution in [0.15, 0.2) is 21.5 Å². The second-order valence-corrected chi connectivity index (χ2v) is 9.00. The standard InChI is InChI=1S/C20H27N5O3S/c1-13-21-18(28-22-13)11-23(2)9-15-4-5-17-16-6-14(8-25(17)20(15)27)7-24(10-16)19(26)12-29-3/h4-5,14,16H,6-12H2,1-3H3/t14-,16+/m0/s1. The lowest BCUT2D eigenvalue weighted by molar-refractivity contribution is -0.131. The number of likely N-dealkylation sites (tertiary alicyclic amines) is 1. The van der Waals surface area contributed by atoms with Gasteiger partial charge in [0, 0.05) is 43.4 Å². The molecule has 2 aromatic rings. The summed E-state index contributed by atoms with van der Waals surface area (Å²) in [6.45, 7) is 4.96. The zero-order valence-electron chi connectivity index (χ0n) is 17.1. The van der Waals surface area contributed by atoms with Crippen molar-refractivity contribution in [2.24, 2.45) is 5.92 Å². The number of aromatic nitrogens is 3. The second kappa shape index (κ2) is 8.31. The van der Waals surface area contributed by atoms with E-state index in [2.05, 4.69) is 16.2 Å². The van der Waals surface area contributed by atoms with Gasteiger partial charge in [-0.3, -0.25) is 14.5 Å². The first-order valence-corrected chi connectivity index (χ1v) is 11.3. The Morgan fingerprint density at radius 3 is 2.86 bits per heavy atom. The number of carbonyl (C=O) groups is 1. The van der Waals surface area contributed by atoms with Crippen LogP contribution in [0.4, 0.5) is 0 Å². The van der Waals surface area contributed by atoms with Crippen molar-refractivity contribution in [3.63, 3.8) is 0 Å². The number of pyridine rings is 1. The number of hydrogen-bond donors (Lipinski definition) is 0. The summed E-state index contributed by atoms with van der Waals surface area (Å²) in [5.74, 6) is 2.48. The van der Waals surface area contributed by atoms with E-state index >= 15 is 0 Å². The maximum Gasteiger partial charge on any atom is 0.255 e. The van der Waals surface area contributed by atoms with Crippen molar-refractivity contribution < 1.29 is 9.32 Å². The van der Waals surface area contributed by atoms with Gasteiger partial charge < -0.3 is 14.0 Å². The number of aryl methyl sites for hydroxylation is 1. The number of hydrogen-bond acceptors (Lipinski definition) is 7. The molecule has 0 unspecified atom stereocenters. The van der Waals surface area contributed by atoms with Crippen LogP contribution in [0.5, 0.6) is 0 Å². The van der Waals surface area contributed by atoms with E-state index < -0.39 is 0 Å². The number of piperidine rings is 1. The summed E-state index contributed by atoms with van der Waals surface area (Å²) in [5.41, 5.74) is 1.91. The molecule has 0 saturated carbocycles. The molecule has 1 amide bonds. The number of thioether (sulfide) groups is 1. The van der Waals surface area contributed by atoms with Crippen molar-refractivity contribution >= 4 is 17.7 Å². The van der Waals surface area contributed by atoms with Gasteiger partial charge in [0.2, 0.25) is 11.8 Å². The van der Waals surface area contributed by atoms with Crippen LogP contribution in [0.25, 0.3) is 0 Å². The average Bonchev–Trinajstić information content (AvgIpc) is 3.09. The van der Waals surface area contributed by atoms with E-state index in [-0.39, 0.29) is 17.4 Å². The van der Waals surface area contributed by atoms with E-state index in [0.29, 0.717) is 49.6 Å². The molecule has 9 heteroatoms. The Bertz CT molecular complexity index is 956. The predicted octanol–water partition coefficient (Wildman–Crippen LogP) is 1.48. The minimum Gasteiger partial charge on any atom is -0.341 e. The third-order valence-electron chi connectivity index (χ3n) is 5.72. The number of carbonyl (C=O) groups excluding carboxylic acids is 1. The molecule has 8 nitrogen and oxygen atoms in total. The fourth-order valence-corrected chi connectivity index (χ4v) is 4.94. The zero-order chi connectivity index (χ0) is 20.5. The number of nitrogens with zero attached hydrogens (tertiary/aromatic N) is 5. The third kappa shape index (κ3) is 4.25. The first kappa shape index (κ1) is 20.2. The van der Waals surface area contributed by atoms with Gasteiger partial charge in [0.15, 0.2) is 5.82 Å². The van der Waals surface area contributed by atoms with E-state index in [4.69, 9.17) is 4.52 Å². The molecule has 2 aliphatic rings. The highest BCUT2D eigenvalue weighted by Crippen LogP contribution is 2.35. The summed E-state index contributed by atoms with van der Waals surface area (Å²) < 4.78 is 7.11. The molecule has 0 aromatic carbocycles. The molecular weight excluding hydrogens is 390 g/mol. The van der Waals surface area contributed by atoms with E-state index in [1.165, 1.54) is 0 Å². The summed E-state index contributed by atoms with van der Waals surface area (Å²) in [6.07, 6.45) is 3.01. The van der Waals surface area contributed by atoms with Gasteiger partial charge in [-0.1, -0.05) is 11.2 Å². The number of fused-ring (bicyclic) bond motifs is 4. The largest absolute Gasteiger partial charge is 0.341 e. The highest BCUT2D eigenvalue weighted by atomic mass is 32.2. The van der Waals surface area contributed by atoms with Crippen molar-refractivity contribution in [2.75, 3.05) is 32.1 Å². The highest BCUT2D eigenvalue weighted by molar-refractivity contribution is 7.99. The third-order valence-corrected chi connectivity index (χ3v) is 6.25. The van der Waals surface area contributed by atoms with Gasteiger partial charge in [-0.15, -0.1) is 0 Å². The molecule has 4 heterocycles. The van der Waals surface area contributed by atoms with Crippen LogP contribution >= 0.6 is 11.8 Å². The Morgan fingerprint density at radius 1 is 1.31 bits per heavy atom. The fraction of sp³-hybridized carbons (Fsp3) is 0.600. The van der Waals surface area contributed by atoms with Crippen molar-refractivity contribution in [1.82, 2.24) is 24.5 Å². The summed E-state index contributed by atoms with van der Waals surface area (Å²) in [6, 6.07) is 4.01. The van der Waals surface area contributed by atoms with Crippen molar-refractivity contribution in [2.45, 2.75) is 38.9 Å². The molecule has 0 radical (unpaired) electrons. The molecule has 156 valence electrons.